The summed E-state index contributed by atoms with van der Waals surface area (Å²) >= 11 is 6.35. The Morgan fingerprint density at radius 3 is 2.72 bits per heavy atom. The van der Waals surface area contributed by atoms with Crippen LogP contribution in [0.3, 0.4) is 0 Å². The van der Waals surface area contributed by atoms with Gasteiger partial charge >= 0.3 is 0 Å². The number of carbonyl (C=O) groups excluding carboxylic acids is 1. The third-order valence-electron chi connectivity index (χ3n) is 9.67. The van der Waals surface area contributed by atoms with E-state index in [1.54, 1.807) is 25.1 Å². The number of carbonyl (C=O) groups is 1. The van der Waals surface area contributed by atoms with Crippen LogP contribution in [0.2, 0.25) is 5.02 Å². The average molecular weight is 683 g/mol. The Hall–Kier alpha value is -3.41. The molecule has 2 aromatic carbocycles. The number of sulfonamides is 1. The van der Waals surface area contributed by atoms with Crippen molar-refractivity contribution in [2.24, 2.45) is 11.8 Å². The summed E-state index contributed by atoms with van der Waals surface area (Å²) in [6, 6.07) is 11.1. The molecule has 0 saturated heterocycles. The summed E-state index contributed by atoms with van der Waals surface area (Å²) < 4.78 is 47.6. The van der Waals surface area contributed by atoms with E-state index in [2.05, 4.69) is 25.9 Å². The summed E-state index contributed by atoms with van der Waals surface area (Å²) in [7, 11) is -3.91. The number of aromatic nitrogens is 2. The number of fused-ring (bicyclic) bond motifs is 3. The lowest BCUT2D eigenvalue weighted by molar-refractivity contribution is -0.0293. The van der Waals surface area contributed by atoms with Crippen LogP contribution < -0.4 is 14.4 Å². The minimum absolute atomic E-state index is 0.199. The highest BCUT2D eigenvalue weighted by molar-refractivity contribution is 7.90. The van der Waals surface area contributed by atoms with E-state index in [0.29, 0.717) is 54.3 Å². The molecule has 0 spiro atoms. The lowest BCUT2D eigenvalue weighted by atomic mass is 9.70. The Bertz CT molecular complexity index is 1710. The number of allylic oxidation sites excluding steroid dienone is 1. The van der Waals surface area contributed by atoms with Crippen LogP contribution >= 0.6 is 11.6 Å². The average Bonchev–Trinajstić information content (AvgIpc) is 3.44. The van der Waals surface area contributed by atoms with Crippen LogP contribution in [0.1, 0.15) is 85.1 Å². The largest absolute Gasteiger partial charge is 0.487 e. The molecule has 0 unspecified atom stereocenters. The summed E-state index contributed by atoms with van der Waals surface area (Å²) in [4.78, 5) is 15.8. The smallest absolute Gasteiger partial charge is 0.264 e. The summed E-state index contributed by atoms with van der Waals surface area (Å²) in [5, 5.41) is 8.03. The molecule has 12 heteroatoms. The van der Waals surface area contributed by atoms with Gasteiger partial charge in [0.05, 0.1) is 17.0 Å². The number of aryl methyl sites for hydroxylation is 2. The molecule has 47 heavy (non-hydrogen) atoms. The number of hydrogen-bond acceptors (Lipinski definition) is 9. The number of hydrogen-bond donors (Lipinski definition) is 1. The van der Waals surface area contributed by atoms with E-state index in [0.717, 1.165) is 56.4 Å². The van der Waals surface area contributed by atoms with Crippen LogP contribution in [0.4, 0.5) is 5.69 Å². The first-order valence-corrected chi connectivity index (χ1v) is 18.5. The Kier molecular flexibility index (Phi) is 10.5. The van der Waals surface area contributed by atoms with E-state index in [-0.39, 0.29) is 24.2 Å². The lowest BCUT2D eigenvalue weighted by Gasteiger charge is -2.44. The van der Waals surface area contributed by atoms with E-state index < -0.39 is 21.2 Å². The molecule has 252 valence electrons. The summed E-state index contributed by atoms with van der Waals surface area (Å²) in [5.74, 6) is 1.51. The monoisotopic (exact) mass is 682 g/mol. The first kappa shape index (κ1) is 33.5. The molecule has 1 saturated carbocycles. The highest BCUT2D eigenvalue weighted by atomic mass is 35.5. The molecule has 0 radical (unpaired) electrons. The van der Waals surface area contributed by atoms with Gasteiger partial charge in [-0.25, -0.2) is 13.1 Å². The number of nitrogens with zero attached hydrogens (tertiary/aromatic N) is 3. The Balaban J connectivity index is 1.35. The number of benzene rings is 2. The first-order chi connectivity index (χ1) is 22.7. The first-order valence-electron chi connectivity index (χ1n) is 16.6. The molecule has 2 bridgehead atoms. The zero-order valence-electron chi connectivity index (χ0n) is 27.0. The molecule has 1 aliphatic carbocycles. The quantitative estimate of drug-likeness (QED) is 0.305. The van der Waals surface area contributed by atoms with E-state index in [9.17, 15) is 13.2 Å². The standard InChI is InChI=1S/C35H43ClN4O6S/c1-3-29-9-4-5-10-32(45-22-34-38-37-23(2)46-34)30-15-12-26(30)20-40-17-7-6-8-24-18-28(36)14-11-27(24)21-44-33-16-13-25(19-31(33)40)35(41)39-47(29,42)43/h5,10-11,13-14,16,18-19,26,29-30,32H,3-4,6-9,12,15,17,20-22H2,1-2H3,(H,39,41)/b10-5+/t26-,29+,30+,32-/m0/s1. The number of anilines is 1. The molecule has 1 aromatic heterocycles. The SMILES string of the molecule is CC[C@@H]1CC/C=C/[C@H](OCc2nnc(C)o2)[C@@H]2CC[C@H]2CN2CCCCc3cc(Cl)ccc3COc3ccc(cc32)C(=O)NS1(=O)=O. The van der Waals surface area contributed by atoms with Crippen molar-refractivity contribution in [3.8, 4) is 5.75 Å². The fraction of sp³-hybridized carbons (Fsp3) is 0.514. The van der Waals surface area contributed by atoms with Gasteiger partial charge in [-0.05, 0) is 105 Å². The normalized spacial score (nSPS) is 25.6. The van der Waals surface area contributed by atoms with Crippen molar-refractivity contribution in [1.29, 1.82) is 0 Å². The molecule has 1 N–H and O–H groups in total. The van der Waals surface area contributed by atoms with Crippen LogP contribution in [0, 0.1) is 18.8 Å². The Morgan fingerprint density at radius 1 is 1.09 bits per heavy atom. The molecule has 1 amide bonds. The van der Waals surface area contributed by atoms with E-state index in [1.165, 1.54) is 5.56 Å². The molecule has 2 aliphatic heterocycles. The topological polar surface area (TPSA) is 124 Å². The van der Waals surface area contributed by atoms with Crippen molar-refractivity contribution >= 4 is 33.2 Å². The predicted molar refractivity (Wildman–Crippen MR) is 180 cm³/mol. The fourth-order valence-corrected chi connectivity index (χ4v) is 8.49. The van der Waals surface area contributed by atoms with Crippen molar-refractivity contribution in [1.82, 2.24) is 14.9 Å². The van der Waals surface area contributed by atoms with Crippen LogP contribution in [0.25, 0.3) is 0 Å². The van der Waals surface area contributed by atoms with Gasteiger partial charge in [-0.3, -0.25) is 4.79 Å². The molecule has 3 heterocycles. The van der Waals surface area contributed by atoms with Crippen LogP contribution in [0.5, 0.6) is 5.75 Å². The molecule has 4 atom stereocenters. The lowest BCUT2D eigenvalue weighted by Crippen LogP contribution is -2.44. The van der Waals surface area contributed by atoms with E-state index >= 15 is 0 Å². The minimum Gasteiger partial charge on any atom is -0.487 e. The molecule has 3 aliphatic rings. The van der Waals surface area contributed by atoms with Gasteiger partial charge < -0.3 is 18.8 Å². The van der Waals surface area contributed by atoms with Gasteiger partial charge in [0, 0.05) is 30.6 Å². The fourth-order valence-electron chi connectivity index (χ4n) is 6.86. The Labute approximate surface area is 281 Å². The van der Waals surface area contributed by atoms with Crippen LogP contribution in [-0.2, 0) is 34.4 Å². The predicted octanol–water partition coefficient (Wildman–Crippen LogP) is 6.55. The second-order valence-electron chi connectivity index (χ2n) is 12.8. The number of ether oxygens (including phenoxy) is 2. The van der Waals surface area contributed by atoms with Gasteiger partial charge in [0.2, 0.25) is 21.8 Å². The number of nitrogens with one attached hydrogen (secondary N) is 1. The molecule has 3 aromatic rings. The highest BCUT2D eigenvalue weighted by Gasteiger charge is 2.38. The van der Waals surface area contributed by atoms with Crippen molar-refractivity contribution in [3.05, 3.63) is 82.0 Å². The zero-order chi connectivity index (χ0) is 33.0. The third kappa shape index (κ3) is 8.01. The molecule has 1 fully saturated rings. The maximum absolute atomic E-state index is 13.5. The van der Waals surface area contributed by atoms with E-state index in [1.807, 2.05) is 31.2 Å². The maximum atomic E-state index is 13.5. The van der Waals surface area contributed by atoms with Crippen LogP contribution in [-0.4, -0.2) is 49.0 Å². The number of rotatable bonds is 4. The van der Waals surface area contributed by atoms with Crippen molar-refractivity contribution in [3.63, 3.8) is 0 Å². The van der Waals surface area contributed by atoms with Gasteiger partial charge in [0.1, 0.15) is 19.0 Å². The van der Waals surface area contributed by atoms with Crippen molar-refractivity contribution in [2.75, 3.05) is 18.0 Å². The third-order valence-corrected chi connectivity index (χ3v) is 11.8. The second kappa shape index (κ2) is 14.8. The van der Waals surface area contributed by atoms with Gasteiger partial charge in [0.15, 0.2) is 0 Å². The number of amides is 1. The Morgan fingerprint density at radius 2 is 1.96 bits per heavy atom. The van der Waals surface area contributed by atoms with Gasteiger partial charge in [-0.15, -0.1) is 10.2 Å². The van der Waals surface area contributed by atoms with Crippen molar-refractivity contribution in [2.45, 2.75) is 89.8 Å². The molecule has 6 rings (SSSR count). The maximum Gasteiger partial charge on any atom is 0.264 e. The number of halogens is 1. The van der Waals surface area contributed by atoms with Gasteiger partial charge in [-0.2, -0.15) is 0 Å². The second-order valence-corrected chi connectivity index (χ2v) is 15.2. The summed E-state index contributed by atoms with van der Waals surface area (Å²) in [6.45, 7) is 5.63. The van der Waals surface area contributed by atoms with Gasteiger partial charge in [0.25, 0.3) is 5.91 Å². The minimum atomic E-state index is -3.91. The molecular formula is C35H43ClN4O6S. The molecule has 10 nitrogen and oxygen atoms in total. The highest BCUT2D eigenvalue weighted by Crippen LogP contribution is 2.42. The van der Waals surface area contributed by atoms with E-state index in [4.69, 9.17) is 25.5 Å². The van der Waals surface area contributed by atoms with Gasteiger partial charge in [-0.1, -0.05) is 36.7 Å². The zero-order valence-corrected chi connectivity index (χ0v) is 28.6. The molecular weight excluding hydrogens is 640 g/mol. The summed E-state index contributed by atoms with van der Waals surface area (Å²) in [5.41, 5.74) is 3.31. The summed E-state index contributed by atoms with van der Waals surface area (Å²) in [6.07, 6.45) is 10.0. The van der Waals surface area contributed by atoms with Crippen LogP contribution in [0.15, 0.2) is 53.0 Å². The van der Waals surface area contributed by atoms with Crippen molar-refractivity contribution < 1.29 is 27.1 Å².